The first-order valence-electron chi connectivity index (χ1n) is 10.8. The van der Waals surface area contributed by atoms with Crippen molar-refractivity contribution in [2.24, 2.45) is 17.8 Å². The summed E-state index contributed by atoms with van der Waals surface area (Å²) in [5.74, 6) is -45.6. The summed E-state index contributed by atoms with van der Waals surface area (Å²) < 4.78 is 167. The van der Waals surface area contributed by atoms with Gasteiger partial charge in [0.1, 0.15) is 6.61 Å². The van der Waals surface area contributed by atoms with Gasteiger partial charge >= 0.3 is 53.9 Å². The van der Waals surface area contributed by atoms with Crippen molar-refractivity contribution >= 4 is 17.9 Å². The van der Waals surface area contributed by atoms with E-state index in [0.29, 0.717) is 0 Å². The summed E-state index contributed by atoms with van der Waals surface area (Å²) >= 11 is 0. The molecule has 0 rings (SSSR count). The van der Waals surface area contributed by atoms with Crippen molar-refractivity contribution in [3.63, 3.8) is 0 Å². The second kappa shape index (κ2) is 13.3. The van der Waals surface area contributed by atoms with Crippen molar-refractivity contribution < 1.29 is 86.8 Å². The average molecular weight is 604 g/mol. The van der Waals surface area contributed by atoms with Crippen LogP contribution < -0.4 is 0 Å². The highest BCUT2D eigenvalue weighted by Crippen LogP contribution is 2.58. The standard InChI is InChI=1S/C20H24F12O7/c1-3-10(14(37)38-5-4-33)7-11(12(34)35)6-9(2)13(36)39-8-16(23,24)18(27,28)20(31,32)19(29,30)17(25,26)15(21)22/h9-11,15,33H,3-8H2,1-2H3,(H,34,35). The molecule has 0 aromatic carbocycles. The van der Waals surface area contributed by atoms with Crippen LogP contribution in [0.15, 0.2) is 0 Å². The van der Waals surface area contributed by atoms with Gasteiger partial charge in [-0.3, -0.25) is 14.4 Å². The number of hydrogen-bond donors (Lipinski definition) is 2. The zero-order valence-electron chi connectivity index (χ0n) is 20.0. The Morgan fingerprint density at radius 3 is 1.69 bits per heavy atom. The molecule has 230 valence electrons. The van der Waals surface area contributed by atoms with E-state index in [9.17, 15) is 72.2 Å². The zero-order chi connectivity index (χ0) is 31.2. The van der Waals surface area contributed by atoms with Gasteiger partial charge in [-0.05, 0) is 19.3 Å². The van der Waals surface area contributed by atoms with E-state index in [1.807, 2.05) is 0 Å². The Kier molecular flexibility index (Phi) is 12.4. The Morgan fingerprint density at radius 2 is 1.28 bits per heavy atom. The number of aliphatic hydroxyl groups is 1. The lowest BCUT2D eigenvalue weighted by atomic mass is 9.86. The minimum atomic E-state index is -7.78. The van der Waals surface area contributed by atoms with Crippen LogP contribution >= 0.6 is 0 Å². The molecule has 0 radical (unpaired) electrons. The number of alkyl halides is 12. The first kappa shape index (κ1) is 36.5. The number of carboxylic acid groups (broad SMARTS) is 1. The molecule has 7 nitrogen and oxygen atoms in total. The van der Waals surface area contributed by atoms with E-state index in [-0.39, 0.29) is 6.42 Å². The lowest BCUT2D eigenvalue weighted by Crippen LogP contribution is -2.69. The fourth-order valence-corrected chi connectivity index (χ4v) is 3.03. The van der Waals surface area contributed by atoms with Gasteiger partial charge < -0.3 is 19.7 Å². The van der Waals surface area contributed by atoms with Crippen LogP contribution in [-0.4, -0.2) is 84.0 Å². The maximum absolute atomic E-state index is 13.8. The lowest BCUT2D eigenvalue weighted by Gasteiger charge is -2.38. The molecule has 3 unspecified atom stereocenters. The van der Waals surface area contributed by atoms with Crippen molar-refractivity contribution in [1.82, 2.24) is 0 Å². The molecule has 0 aliphatic heterocycles. The molecule has 0 spiro atoms. The normalized spacial score (nSPS) is 16.0. The molecule has 0 saturated carbocycles. The number of aliphatic carboxylic acids is 1. The Hall–Kier alpha value is -2.47. The smallest absolute Gasteiger partial charge is 0.384 e. The van der Waals surface area contributed by atoms with E-state index in [1.54, 1.807) is 0 Å². The van der Waals surface area contributed by atoms with Gasteiger partial charge in [-0.15, -0.1) is 0 Å². The third-order valence-corrected chi connectivity index (χ3v) is 5.46. The van der Waals surface area contributed by atoms with Gasteiger partial charge in [0.15, 0.2) is 6.61 Å². The maximum atomic E-state index is 13.8. The highest BCUT2D eigenvalue weighted by atomic mass is 19.4. The maximum Gasteiger partial charge on any atom is 0.384 e. The summed E-state index contributed by atoms with van der Waals surface area (Å²) in [6.45, 7) is -1.88. The van der Waals surface area contributed by atoms with Crippen LogP contribution in [0.25, 0.3) is 0 Å². The fourth-order valence-electron chi connectivity index (χ4n) is 3.03. The molecule has 0 aromatic rings. The predicted octanol–water partition coefficient (Wildman–Crippen LogP) is 4.65. The second-order valence-corrected chi connectivity index (χ2v) is 8.36. The molecule has 0 heterocycles. The van der Waals surface area contributed by atoms with Crippen LogP contribution in [0.3, 0.4) is 0 Å². The lowest BCUT2D eigenvalue weighted by molar-refractivity contribution is -0.414. The highest BCUT2D eigenvalue weighted by Gasteiger charge is 2.87. The SMILES string of the molecule is CCC(CC(CC(C)C(=O)OCC(F)(F)C(F)(F)C(F)(F)C(F)(F)C(F)(F)C(F)F)C(=O)O)C(=O)OCCO. The minimum absolute atomic E-state index is 0.00236. The van der Waals surface area contributed by atoms with Gasteiger partial charge in [-0.2, -0.15) is 43.9 Å². The number of aliphatic hydroxyl groups excluding tert-OH is 1. The molecule has 0 aliphatic rings. The Labute approximate surface area is 212 Å². The number of ether oxygens (including phenoxy) is 2. The molecule has 39 heavy (non-hydrogen) atoms. The van der Waals surface area contributed by atoms with Gasteiger partial charge in [0.2, 0.25) is 0 Å². The van der Waals surface area contributed by atoms with Crippen molar-refractivity contribution in [1.29, 1.82) is 0 Å². The Bertz CT molecular complexity index is 851. The molecule has 0 aliphatic carbocycles. The van der Waals surface area contributed by atoms with Crippen molar-refractivity contribution in [3.8, 4) is 0 Å². The predicted molar refractivity (Wildman–Crippen MR) is 103 cm³/mol. The van der Waals surface area contributed by atoms with Crippen LogP contribution in [0.1, 0.15) is 33.1 Å². The molecule has 0 bridgehead atoms. The molecule has 0 fully saturated rings. The number of hydrogen-bond acceptors (Lipinski definition) is 6. The molecular formula is C20H24F12O7. The number of rotatable bonds is 17. The quantitative estimate of drug-likeness (QED) is 0.184. The summed E-state index contributed by atoms with van der Waals surface area (Å²) in [5.41, 5.74) is 0. The summed E-state index contributed by atoms with van der Waals surface area (Å²) in [7, 11) is 0. The van der Waals surface area contributed by atoms with Gasteiger partial charge in [0.25, 0.3) is 0 Å². The topological polar surface area (TPSA) is 110 Å². The van der Waals surface area contributed by atoms with Crippen molar-refractivity contribution in [3.05, 3.63) is 0 Å². The largest absolute Gasteiger partial charge is 0.481 e. The number of carboxylic acids is 1. The van der Waals surface area contributed by atoms with Crippen LogP contribution in [0.2, 0.25) is 0 Å². The van der Waals surface area contributed by atoms with Crippen LogP contribution in [0.5, 0.6) is 0 Å². The van der Waals surface area contributed by atoms with E-state index < -0.39 is 104 Å². The van der Waals surface area contributed by atoms with Crippen molar-refractivity contribution in [2.75, 3.05) is 19.8 Å². The first-order chi connectivity index (χ1) is 17.5. The molecule has 3 atom stereocenters. The minimum Gasteiger partial charge on any atom is -0.481 e. The molecule has 0 amide bonds. The summed E-state index contributed by atoms with van der Waals surface area (Å²) in [6.07, 6.45) is -6.99. The zero-order valence-corrected chi connectivity index (χ0v) is 20.0. The molecule has 19 heteroatoms. The molecular weight excluding hydrogens is 580 g/mol. The van der Waals surface area contributed by atoms with Gasteiger partial charge in [-0.25, -0.2) is 8.78 Å². The number of halogens is 12. The van der Waals surface area contributed by atoms with E-state index in [2.05, 4.69) is 9.47 Å². The van der Waals surface area contributed by atoms with Crippen LogP contribution in [0, 0.1) is 17.8 Å². The second-order valence-electron chi connectivity index (χ2n) is 8.36. The number of carbonyl (C=O) groups is 3. The average Bonchev–Trinajstić information content (AvgIpc) is 2.82. The van der Waals surface area contributed by atoms with Gasteiger partial charge in [0, 0.05) is 0 Å². The number of esters is 2. The highest BCUT2D eigenvalue weighted by molar-refractivity contribution is 5.76. The fraction of sp³-hybridized carbons (Fsp3) is 0.850. The van der Waals surface area contributed by atoms with Crippen LogP contribution in [0.4, 0.5) is 52.7 Å². The van der Waals surface area contributed by atoms with Crippen LogP contribution in [-0.2, 0) is 23.9 Å². The monoisotopic (exact) mass is 604 g/mol. The van der Waals surface area contributed by atoms with Gasteiger partial charge in [-0.1, -0.05) is 13.8 Å². The van der Waals surface area contributed by atoms with E-state index in [1.165, 1.54) is 6.92 Å². The molecule has 0 aromatic heterocycles. The summed E-state index contributed by atoms with van der Waals surface area (Å²) in [6, 6.07) is 0. The van der Waals surface area contributed by atoms with E-state index in [0.717, 1.165) is 6.92 Å². The summed E-state index contributed by atoms with van der Waals surface area (Å²) in [4.78, 5) is 35.3. The van der Waals surface area contributed by atoms with Crippen molar-refractivity contribution in [2.45, 2.75) is 69.1 Å². The van der Waals surface area contributed by atoms with E-state index >= 15 is 0 Å². The Balaban J connectivity index is 5.61. The Morgan fingerprint density at radius 1 is 0.769 bits per heavy atom. The van der Waals surface area contributed by atoms with E-state index in [4.69, 9.17) is 5.11 Å². The first-order valence-corrected chi connectivity index (χ1v) is 10.8. The molecule has 0 saturated heterocycles. The molecule has 2 N–H and O–H groups in total. The number of carbonyl (C=O) groups excluding carboxylic acids is 2. The third kappa shape index (κ3) is 7.81. The summed E-state index contributed by atoms with van der Waals surface area (Å²) in [5, 5.41) is 18.0. The van der Waals surface area contributed by atoms with Gasteiger partial charge in [0.05, 0.1) is 24.4 Å². The third-order valence-electron chi connectivity index (χ3n) is 5.46.